The molecule has 2 aromatic rings. The topological polar surface area (TPSA) is 38.3 Å². The Morgan fingerprint density at radius 3 is 2.81 bits per heavy atom. The molecule has 0 spiro atoms. The van der Waals surface area contributed by atoms with E-state index in [1.54, 1.807) is 11.3 Å². The van der Waals surface area contributed by atoms with E-state index in [1.807, 2.05) is 30.3 Å². The van der Waals surface area contributed by atoms with Crippen LogP contribution in [0.15, 0.2) is 41.8 Å². The third kappa shape index (κ3) is 4.84. The number of esters is 1. The van der Waals surface area contributed by atoms with Gasteiger partial charge < -0.3 is 10.1 Å². The van der Waals surface area contributed by atoms with Crippen molar-refractivity contribution in [1.29, 1.82) is 0 Å². The van der Waals surface area contributed by atoms with Crippen molar-refractivity contribution in [2.75, 3.05) is 13.7 Å². The lowest BCUT2D eigenvalue weighted by atomic mass is 10.0. The fraction of sp³-hybridized carbons (Fsp3) is 0.312. The first-order valence-electron chi connectivity index (χ1n) is 6.77. The first kappa shape index (κ1) is 16.0. The zero-order valence-corrected chi connectivity index (χ0v) is 13.4. The Labute approximate surface area is 133 Å². The van der Waals surface area contributed by atoms with Gasteiger partial charge in [0.1, 0.15) is 0 Å². The van der Waals surface area contributed by atoms with Crippen LogP contribution in [0.3, 0.4) is 0 Å². The third-order valence-corrected chi connectivity index (χ3v) is 4.50. The van der Waals surface area contributed by atoms with E-state index in [0.717, 1.165) is 18.5 Å². The largest absolute Gasteiger partial charge is 0.469 e. The van der Waals surface area contributed by atoms with Gasteiger partial charge in [0.15, 0.2) is 0 Å². The molecule has 5 heteroatoms. The highest BCUT2D eigenvalue weighted by Crippen LogP contribution is 2.25. The van der Waals surface area contributed by atoms with Gasteiger partial charge in [0.05, 0.1) is 13.5 Å². The van der Waals surface area contributed by atoms with Gasteiger partial charge in [0, 0.05) is 22.5 Å². The van der Waals surface area contributed by atoms with Crippen LogP contribution in [0.5, 0.6) is 0 Å². The molecule has 0 fully saturated rings. The van der Waals surface area contributed by atoms with Gasteiger partial charge in [0.25, 0.3) is 0 Å². The van der Waals surface area contributed by atoms with Crippen LogP contribution in [0.2, 0.25) is 5.02 Å². The molecule has 0 saturated carbocycles. The second-order valence-electron chi connectivity index (χ2n) is 4.64. The Bertz CT molecular complexity index is 571. The second-order valence-corrected chi connectivity index (χ2v) is 6.08. The Balaban J connectivity index is 2.01. The van der Waals surface area contributed by atoms with E-state index >= 15 is 0 Å². The predicted octanol–water partition coefficient (Wildman–Crippen LogP) is 3.84. The van der Waals surface area contributed by atoms with Crippen molar-refractivity contribution in [2.45, 2.75) is 18.9 Å². The van der Waals surface area contributed by atoms with Crippen molar-refractivity contribution < 1.29 is 9.53 Å². The number of hydrogen-bond acceptors (Lipinski definition) is 4. The van der Waals surface area contributed by atoms with E-state index in [0.29, 0.717) is 5.02 Å². The van der Waals surface area contributed by atoms with Crippen LogP contribution in [-0.4, -0.2) is 19.6 Å². The summed E-state index contributed by atoms with van der Waals surface area (Å²) in [6, 6.07) is 11.6. The number of halogens is 1. The number of hydrogen-bond donors (Lipinski definition) is 1. The Hall–Kier alpha value is -1.36. The number of thiophene rings is 1. The summed E-state index contributed by atoms with van der Waals surface area (Å²) < 4.78 is 4.77. The SMILES string of the molecule is COC(=O)C[C@@H](NCCc1cccs1)c1ccccc1Cl. The quantitative estimate of drug-likeness (QED) is 0.787. The van der Waals surface area contributed by atoms with Gasteiger partial charge >= 0.3 is 5.97 Å². The molecule has 0 unspecified atom stereocenters. The number of benzene rings is 1. The highest BCUT2D eigenvalue weighted by molar-refractivity contribution is 7.09. The number of methoxy groups -OCH3 is 1. The highest BCUT2D eigenvalue weighted by Gasteiger charge is 2.18. The number of carbonyl (C=O) groups is 1. The van der Waals surface area contributed by atoms with Crippen LogP contribution in [0.25, 0.3) is 0 Å². The van der Waals surface area contributed by atoms with Crippen LogP contribution in [-0.2, 0) is 16.0 Å². The van der Waals surface area contributed by atoms with E-state index < -0.39 is 0 Å². The van der Waals surface area contributed by atoms with Crippen molar-refractivity contribution in [1.82, 2.24) is 5.32 Å². The molecule has 21 heavy (non-hydrogen) atoms. The average molecular weight is 324 g/mol. The maximum Gasteiger partial charge on any atom is 0.307 e. The third-order valence-electron chi connectivity index (χ3n) is 3.22. The van der Waals surface area contributed by atoms with Crippen molar-refractivity contribution >= 4 is 28.9 Å². The second kappa shape index (κ2) is 8.17. The van der Waals surface area contributed by atoms with Gasteiger partial charge in [-0.3, -0.25) is 4.79 Å². The van der Waals surface area contributed by atoms with Gasteiger partial charge in [-0.2, -0.15) is 0 Å². The molecule has 0 aliphatic carbocycles. The Morgan fingerprint density at radius 1 is 1.33 bits per heavy atom. The summed E-state index contributed by atoms with van der Waals surface area (Å²) in [5.41, 5.74) is 0.927. The van der Waals surface area contributed by atoms with E-state index in [1.165, 1.54) is 12.0 Å². The molecule has 0 bridgehead atoms. The monoisotopic (exact) mass is 323 g/mol. The maximum atomic E-state index is 11.6. The molecule has 1 N–H and O–H groups in total. The standard InChI is InChI=1S/C16H18ClNO2S/c1-20-16(19)11-15(13-6-2-3-7-14(13)17)18-9-8-12-5-4-10-21-12/h2-7,10,15,18H,8-9,11H2,1H3/t15-/m1/s1. The van der Waals surface area contributed by atoms with E-state index in [4.69, 9.17) is 16.3 Å². The van der Waals surface area contributed by atoms with Crippen LogP contribution < -0.4 is 5.32 Å². The molecule has 0 saturated heterocycles. The molecular formula is C16H18ClNO2S. The molecule has 1 heterocycles. The molecule has 3 nitrogen and oxygen atoms in total. The minimum Gasteiger partial charge on any atom is -0.469 e. The first-order valence-corrected chi connectivity index (χ1v) is 8.03. The van der Waals surface area contributed by atoms with Gasteiger partial charge in [-0.25, -0.2) is 0 Å². The van der Waals surface area contributed by atoms with E-state index in [2.05, 4.69) is 16.8 Å². The molecule has 0 radical (unpaired) electrons. The normalized spacial score (nSPS) is 12.1. The summed E-state index contributed by atoms with van der Waals surface area (Å²) in [6.45, 7) is 0.785. The Kier molecular flexibility index (Phi) is 6.23. The summed E-state index contributed by atoms with van der Waals surface area (Å²) in [7, 11) is 1.40. The molecule has 1 atom stereocenters. The summed E-state index contributed by atoms with van der Waals surface area (Å²) in [5.74, 6) is -0.247. The van der Waals surface area contributed by atoms with Crippen LogP contribution in [0.1, 0.15) is 22.9 Å². The lowest BCUT2D eigenvalue weighted by molar-refractivity contribution is -0.141. The van der Waals surface area contributed by atoms with Crippen molar-refractivity contribution in [3.05, 3.63) is 57.2 Å². The first-order chi connectivity index (χ1) is 10.2. The fourth-order valence-corrected chi connectivity index (χ4v) is 3.10. The highest BCUT2D eigenvalue weighted by atomic mass is 35.5. The van der Waals surface area contributed by atoms with Gasteiger partial charge in [0.2, 0.25) is 0 Å². The summed E-state index contributed by atoms with van der Waals surface area (Å²) in [4.78, 5) is 12.9. The van der Waals surface area contributed by atoms with Crippen LogP contribution in [0, 0.1) is 0 Å². The van der Waals surface area contributed by atoms with Crippen LogP contribution in [0.4, 0.5) is 0 Å². The average Bonchev–Trinajstić information content (AvgIpc) is 3.00. The minimum atomic E-state index is -0.247. The Morgan fingerprint density at radius 2 is 2.14 bits per heavy atom. The van der Waals surface area contributed by atoms with Crippen molar-refractivity contribution in [2.24, 2.45) is 0 Å². The molecule has 1 aromatic heterocycles. The van der Waals surface area contributed by atoms with E-state index in [9.17, 15) is 4.79 Å². The zero-order chi connectivity index (χ0) is 15.1. The number of ether oxygens (including phenoxy) is 1. The summed E-state index contributed by atoms with van der Waals surface area (Å²) in [6.07, 6.45) is 1.20. The maximum absolute atomic E-state index is 11.6. The van der Waals surface area contributed by atoms with E-state index in [-0.39, 0.29) is 18.4 Å². The van der Waals surface area contributed by atoms with Crippen molar-refractivity contribution in [3.63, 3.8) is 0 Å². The lowest BCUT2D eigenvalue weighted by Crippen LogP contribution is -2.26. The smallest absolute Gasteiger partial charge is 0.307 e. The molecule has 1 aromatic carbocycles. The number of rotatable bonds is 7. The van der Waals surface area contributed by atoms with Crippen molar-refractivity contribution in [3.8, 4) is 0 Å². The van der Waals surface area contributed by atoms with Crippen LogP contribution >= 0.6 is 22.9 Å². The molecule has 112 valence electrons. The molecule has 0 aliphatic rings. The molecule has 0 amide bonds. The van der Waals surface area contributed by atoms with Gasteiger partial charge in [-0.1, -0.05) is 35.9 Å². The molecular weight excluding hydrogens is 306 g/mol. The molecule has 2 rings (SSSR count). The summed E-state index contributed by atoms with van der Waals surface area (Å²) in [5, 5.41) is 6.13. The number of carbonyl (C=O) groups excluding carboxylic acids is 1. The fourth-order valence-electron chi connectivity index (χ4n) is 2.12. The number of nitrogens with one attached hydrogen (secondary N) is 1. The summed E-state index contributed by atoms with van der Waals surface area (Å²) >= 11 is 7.97. The molecule has 0 aliphatic heterocycles. The van der Waals surface area contributed by atoms with Gasteiger partial charge in [-0.05, 0) is 29.5 Å². The predicted molar refractivity (Wildman–Crippen MR) is 86.9 cm³/mol. The minimum absolute atomic E-state index is 0.133. The zero-order valence-electron chi connectivity index (χ0n) is 11.8. The lowest BCUT2D eigenvalue weighted by Gasteiger charge is -2.19. The van der Waals surface area contributed by atoms with Gasteiger partial charge in [-0.15, -0.1) is 11.3 Å².